The molecule has 0 heterocycles. The third-order valence-electron chi connectivity index (χ3n) is 3.92. The Hall–Kier alpha value is -1.00. The molecule has 2 rings (SSSR count). The molecule has 98 valence electrons. The van der Waals surface area contributed by atoms with Gasteiger partial charge in [-0.3, -0.25) is 10.2 Å². The van der Waals surface area contributed by atoms with Gasteiger partial charge in [-0.2, -0.15) is 0 Å². The molecule has 1 amide bonds. The van der Waals surface area contributed by atoms with Crippen molar-refractivity contribution in [3.05, 3.63) is 29.8 Å². The molecule has 0 atom stereocenters. The highest BCUT2D eigenvalue weighted by molar-refractivity contribution is 7.98. The molecular weight excluding hydrogens is 244 g/mol. The number of carbonyl (C=O) groups is 1. The summed E-state index contributed by atoms with van der Waals surface area (Å²) in [6.07, 6.45) is 7.25. The van der Waals surface area contributed by atoms with Crippen LogP contribution in [0.2, 0.25) is 0 Å². The second kappa shape index (κ2) is 5.76. The fourth-order valence-corrected chi connectivity index (χ4v) is 3.26. The third kappa shape index (κ3) is 2.40. The molecule has 0 bridgehead atoms. The first-order chi connectivity index (χ1) is 8.73. The lowest BCUT2D eigenvalue weighted by Gasteiger charge is -2.35. The van der Waals surface area contributed by atoms with Crippen molar-refractivity contribution < 1.29 is 4.79 Å². The van der Waals surface area contributed by atoms with Crippen LogP contribution in [0.4, 0.5) is 0 Å². The maximum Gasteiger partial charge on any atom is 0.244 e. The van der Waals surface area contributed by atoms with E-state index in [4.69, 9.17) is 5.84 Å². The Labute approximate surface area is 112 Å². The maximum atomic E-state index is 12.2. The van der Waals surface area contributed by atoms with Crippen molar-refractivity contribution in [2.24, 2.45) is 5.84 Å². The van der Waals surface area contributed by atoms with Gasteiger partial charge in [0.1, 0.15) is 0 Å². The van der Waals surface area contributed by atoms with Gasteiger partial charge in [0.25, 0.3) is 0 Å². The van der Waals surface area contributed by atoms with Crippen molar-refractivity contribution in [1.82, 2.24) is 5.43 Å². The standard InChI is InChI=1S/C14H20N2OS/c1-18-12-7-5-11(6-8-12)14(13(17)16-15)9-3-2-4-10-14/h5-8H,2-4,9-10,15H2,1H3,(H,16,17). The first kappa shape index (κ1) is 13.4. The fraction of sp³-hybridized carbons (Fsp3) is 0.500. The third-order valence-corrected chi connectivity index (χ3v) is 4.66. The minimum Gasteiger partial charge on any atom is -0.293 e. The van der Waals surface area contributed by atoms with Crippen molar-refractivity contribution in [2.75, 3.05) is 6.26 Å². The average molecular weight is 264 g/mol. The highest BCUT2D eigenvalue weighted by Crippen LogP contribution is 2.40. The highest BCUT2D eigenvalue weighted by atomic mass is 32.2. The van der Waals surface area contributed by atoms with E-state index in [9.17, 15) is 4.79 Å². The second-order valence-electron chi connectivity index (χ2n) is 4.84. The lowest BCUT2D eigenvalue weighted by Crippen LogP contribution is -2.48. The van der Waals surface area contributed by atoms with Crippen LogP contribution in [-0.4, -0.2) is 12.2 Å². The molecule has 1 aromatic rings. The number of hydrogen-bond donors (Lipinski definition) is 2. The summed E-state index contributed by atoms with van der Waals surface area (Å²) >= 11 is 1.71. The first-order valence-corrected chi connectivity index (χ1v) is 7.61. The van der Waals surface area contributed by atoms with Crippen LogP contribution in [0.3, 0.4) is 0 Å². The van der Waals surface area contributed by atoms with Gasteiger partial charge in [0.05, 0.1) is 5.41 Å². The quantitative estimate of drug-likeness (QED) is 0.382. The molecule has 0 spiro atoms. The molecule has 0 saturated heterocycles. The Morgan fingerprint density at radius 2 is 1.83 bits per heavy atom. The number of nitrogens with two attached hydrogens (primary N) is 1. The van der Waals surface area contributed by atoms with Crippen molar-refractivity contribution in [3.8, 4) is 0 Å². The van der Waals surface area contributed by atoms with Crippen LogP contribution in [0.1, 0.15) is 37.7 Å². The van der Waals surface area contributed by atoms with Crippen LogP contribution in [0.15, 0.2) is 29.2 Å². The zero-order valence-corrected chi connectivity index (χ0v) is 11.6. The van der Waals surface area contributed by atoms with E-state index in [0.29, 0.717) is 0 Å². The smallest absolute Gasteiger partial charge is 0.244 e. The number of thioether (sulfide) groups is 1. The van der Waals surface area contributed by atoms with E-state index in [1.54, 1.807) is 11.8 Å². The number of hydrogen-bond acceptors (Lipinski definition) is 3. The van der Waals surface area contributed by atoms with Crippen LogP contribution in [0.5, 0.6) is 0 Å². The van der Waals surface area contributed by atoms with E-state index in [2.05, 4.69) is 35.9 Å². The summed E-state index contributed by atoms with van der Waals surface area (Å²) in [5, 5.41) is 0. The summed E-state index contributed by atoms with van der Waals surface area (Å²) in [6, 6.07) is 8.32. The van der Waals surface area contributed by atoms with Gasteiger partial charge in [0.15, 0.2) is 0 Å². The zero-order valence-electron chi connectivity index (χ0n) is 10.7. The number of benzene rings is 1. The Morgan fingerprint density at radius 1 is 1.22 bits per heavy atom. The zero-order chi connectivity index (χ0) is 13.0. The predicted octanol–water partition coefficient (Wildman–Crippen LogP) is 2.60. The molecule has 0 aliphatic heterocycles. The van der Waals surface area contributed by atoms with Crippen molar-refractivity contribution in [2.45, 2.75) is 42.4 Å². The SMILES string of the molecule is CSc1ccc(C2(C(=O)NN)CCCCC2)cc1. The molecule has 1 aromatic carbocycles. The largest absolute Gasteiger partial charge is 0.293 e. The number of rotatable bonds is 3. The van der Waals surface area contributed by atoms with Crippen molar-refractivity contribution in [1.29, 1.82) is 0 Å². The van der Waals surface area contributed by atoms with Gasteiger partial charge in [0.2, 0.25) is 5.91 Å². The van der Waals surface area contributed by atoms with E-state index in [-0.39, 0.29) is 5.91 Å². The van der Waals surface area contributed by atoms with E-state index < -0.39 is 5.41 Å². The Morgan fingerprint density at radius 3 is 2.33 bits per heavy atom. The first-order valence-electron chi connectivity index (χ1n) is 6.38. The normalized spacial score (nSPS) is 18.3. The molecule has 1 fully saturated rings. The van der Waals surface area contributed by atoms with Gasteiger partial charge >= 0.3 is 0 Å². The van der Waals surface area contributed by atoms with Gasteiger partial charge in [-0.25, -0.2) is 5.84 Å². The van der Waals surface area contributed by atoms with E-state index in [1.807, 2.05) is 0 Å². The molecule has 1 aliphatic rings. The highest BCUT2D eigenvalue weighted by Gasteiger charge is 2.40. The van der Waals surface area contributed by atoms with Crippen LogP contribution in [0, 0.1) is 0 Å². The topological polar surface area (TPSA) is 55.1 Å². The van der Waals surface area contributed by atoms with E-state index >= 15 is 0 Å². The molecule has 3 N–H and O–H groups in total. The molecular formula is C14H20N2OS. The van der Waals surface area contributed by atoms with E-state index in [1.165, 1.54) is 11.3 Å². The van der Waals surface area contributed by atoms with Gasteiger partial charge in [-0.1, -0.05) is 31.4 Å². The van der Waals surface area contributed by atoms with Crippen LogP contribution in [-0.2, 0) is 10.2 Å². The molecule has 0 unspecified atom stereocenters. The lowest BCUT2D eigenvalue weighted by atomic mass is 9.69. The number of hydrazine groups is 1. The monoisotopic (exact) mass is 264 g/mol. The summed E-state index contributed by atoms with van der Waals surface area (Å²) in [5.74, 6) is 5.34. The van der Waals surface area contributed by atoms with Gasteiger partial charge in [-0.15, -0.1) is 11.8 Å². The molecule has 4 heteroatoms. The van der Waals surface area contributed by atoms with Gasteiger partial charge in [0, 0.05) is 4.90 Å². The summed E-state index contributed by atoms with van der Waals surface area (Å²) in [6.45, 7) is 0. The summed E-state index contributed by atoms with van der Waals surface area (Å²) in [4.78, 5) is 13.4. The Bertz CT molecular complexity index is 410. The number of amides is 1. The molecule has 3 nitrogen and oxygen atoms in total. The summed E-state index contributed by atoms with van der Waals surface area (Å²) in [7, 11) is 0. The fourth-order valence-electron chi connectivity index (χ4n) is 2.85. The molecule has 0 radical (unpaired) electrons. The number of carbonyl (C=O) groups excluding carboxylic acids is 1. The van der Waals surface area contributed by atoms with Crippen LogP contribution >= 0.6 is 11.8 Å². The molecule has 18 heavy (non-hydrogen) atoms. The summed E-state index contributed by atoms with van der Waals surface area (Å²) in [5.41, 5.74) is 3.05. The second-order valence-corrected chi connectivity index (χ2v) is 5.72. The van der Waals surface area contributed by atoms with Crippen molar-refractivity contribution in [3.63, 3.8) is 0 Å². The maximum absolute atomic E-state index is 12.2. The Balaban J connectivity index is 2.35. The predicted molar refractivity (Wildman–Crippen MR) is 75.3 cm³/mol. The van der Waals surface area contributed by atoms with Gasteiger partial charge in [-0.05, 0) is 36.8 Å². The lowest BCUT2D eigenvalue weighted by molar-refractivity contribution is -0.128. The minimum absolute atomic E-state index is 0.0425. The summed E-state index contributed by atoms with van der Waals surface area (Å²) < 4.78 is 0. The van der Waals surface area contributed by atoms with Crippen LogP contribution in [0.25, 0.3) is 0 Å². The van der Waals surface area contributed by atoms with Crippen molar-refractivity contribution >= 4 is 17.7 Å². The number of nitrogens with one attached hydrogen (secondary N) is 1. The molecule has 1 aliphatic carbocycles. The van der Waals surface area contributed by atoms with Gasteiger partial charge < -0.3 is 0 Å². The van der Waals surface area contributed by atoms with Crippen LogP contribution < -0.4 is 11.3 Å². The van der Waals surface area contributed by atoms with E-state index in [0.717, 1.165) is 31.2 Å². The minimum atomic E-state index is -0.413. The Kier molecular flexibility index (Phi) is 4.30. The average Bonchev–Trinajstić information content (AvgIpc) is 2.47. The molecule has 1 saturated carbocycles. The molecule has 0 aromatic heterocycles.